The molecule has 0 unspecified atom stereocenters. The van der Waals surface area contributed by atoms with Gasteiger partial charge in [-0.05, 0) is 25.8 Å². The van der Waals surface area contributed by atoms with Gasteiger partial charge in [-0.1, -0.05) is 30.3 Å². The highest BCUT2D eigenvalue weighted by Crippen LogP contribution is 2.22. The number of rotatable bonds is 4. The van der Waals surface area contributed by atoms with Crippen molar-refractivity contribution in [2.24, 2.45) is 0 Å². The van der Waals surface area contributed by atoms with Crippen LogP contribution in [0, 0.1) is 25.2 Å². The van der Waals surface area contributed by atoms with Crippen LogP contribution in [0.25, 0.3) is 0 Å². The molecule has 0 atom stereocenters. The second kappa shape index (κ2) is 6.35. The fourth-order valence-corrected chi connectivity index (χ4v) is 2.89. The van der Waals surface area contributed by atoms with E-state index in [1.807, 2.05) is 32.0 Å². The first-order chi connectivity index (χ1) is 9.20. The van der Waals surface area contributed by atoms with Gasteiger partial charge in [-0.15, -0.1) is 11.8 Å². The van der Waals surface area contributed by atoms with Gasteiger partial charge in [-0.25, -0.2) is 9.97 Å². The van der Waals surface area contributed by atoms with Gasteiger partial charge in [-0.3, -0.25) is 0 Å². The van der Waals surface area contributed by atoms with Gasteiger partial charge in [0.25, 0.3) is 0 Å². The van der Waals surface area contributed by atoms with Crippen LogP contribution in [0.2, 0.25) is 0 Å². The van der Waals surface area contributed by atoms with Crippen molar-refractivity contribution in [3.8, 4) is 6.07 Å². The van der Waals surface area contributed by atoms with E-state index in [1.54, 1.807) is 11.8 Å². The maximum absolute atomic E-state index is 9.16. The summed E-state index contributed by atoms with van der Waals surface area (Å²) in [5.74, 6) is 1.63. The van der Waals surface area contributed by atoms with Crippen LogP contribution in [0.1, 0.15) is 22.6 Å². The first-order valence-electron chi connectivity index (χ1n) is 6.13. The predicted molar refractivity (Wildman–Crippen MR) is 77.1 cm³/mol. The van der Waals surface area contributed by atoms with Gasteiger partial charge in [0.1, 0.15) is 22.5 Å². The molecule has 0 spiro atoms. The quantitative estimate of drug-likeness (QED) is 0.631. The van der Waals surface area contributed by atoms with Crippen LogP contribution in [0.4, 0.5) is 0 Å². The summed E-state index contributed by atoms with van der Waals surface area (Å²) in [6.45, 7) is 3.71. The second-order valence-corrected chi connectivity index (χ2v) is 5.32. The molecule has 0 fully saturated rings. The minimum atomic E-state index is 0.601. The van der Waals surface area contributed by atoms with Crippen LogP contribution in [0.3, 0.4) is 0 Å². The summed E-state index contributed by atoms with van der Waals surface area (Å²) in [5, 5.41) is 9.96. The highest BCUT2D eigenvalue weighted by atomic mass is 32.2. The Labute approximate surface area is 117 Å². The van der Waals surface area contributed by atoms with Gasteiger partial charge in [0.05, 0.1) is 5.69 Å². The van der Waals surface area contributed by atoms with E-state index in [1.165, 1.54) is 5.56 Å². The van der Waals surface area contributed by atoms with Gasteiger partial charge in [0, 0.05) is 5.75 Å². The normalized spacial score (nSPS) is 10.2. The highest BCUT2D eigenvalue weighted by Gasteiger charge is 2.10. The number of aryl methyl sites for hydroxylation is 3. The Hall–Kier alpha value is -1.86. The van der Waals surface area contributed by atoms with Crippen molar-refractivity contribution in [1.82, 2.24) is 9.97 Å². The largest absolute Gasteiger partial charge is 0.237 e. The van der Waals surface area contributed by atoms with Crippen molar-refractivity contribution in [2.45, 2.75) is 25.3 Å². The molecule has 0 aliphatic heterocycles. The Morgan fingerprint density at radius 3 is 2.58 bits per heavy atom. The molecule has 1 heterocycles. The van der Waals surface area contributed by atoms with E-state index < -0.39 is 0 Å². The molecule has 1 aromatic carbocycles. The molecule has 0 aliphatic carbocycles. The lowest BCUT2D eigenvalue weighted by atomic mass is 10.2. The average molecular weight is 269 g/mol. The van der Waals surface area contributed by atoms with Crippen molar-refractivity contribution < 1.29 is 0 Å². The van der Waals surface area contributed by atoms with Crippen LogP contribution >= 0.6 is 11.8 Å². The zero-order valence-corrected chi connectivity index (χ0v) is 11.9. The van der Waals surface area contributed by atoms with E-state index in [2.05, 4.69) is 28.2 Å². The summed E-state index contributed by atoms with van der Waals surface area (Å²) in [4.78, 5) is 8.59. The van der Waals surface area contributed by atoms with Gasteiger partial charge in [0.2, 0.25) is 0 Å². The maximum Gasteiger partial charge on any atom is 0.126 e. The van der Waals surface area contributed by atoms with Crippen molar-refractivity contribution in [2.75, 3.05) is 5.75 Å². The van der Waals surface area contributed by atoms with E-state index in [4.69, 9.17) is 5.26 Å². The molecule has 0 bridgehead atoms. The zero-order chi connectivity index (χ0) is 13.7. The Morgan fingerprint density at radius 1 is 1.16 bits per heavy atom. The summed E-state index contributed by atoms with van der Waals surface area (Å²) in [5.41, 5.74) is 2.66. The van der Waals surface area contributed by atoms with Crippen molar-refractivity contribution in [3.05, 3.63) is 53.0 Å². The number of thioether (sulfide) groups is 1. The molecule has 0 saturated heterocycles. The minimum absolute atomic E-state index is 0.601. The Kier molecular flexibility index (Phi) is 4.53. The topological polar surface area (TPSA) is 49.6 Å². The average Bonchev–Trinajstić information content (AvgIpc) is 2.39. The molecule has 0 radical (unpaired) electrons. The number of benzene rings is 1. The third-order valence-electron chi connectivity index (χ3n) is 2.75. The van der Waals surface area contributed by atoms with E-state index in [0.717, 1.165) is 28.7 Å². The van der Waals surface area contributed by atoms with Crippen molar-refractivity contribution in [1.29, 1.82) is 5.26 Å². The lowest BCUT2D eigenvalue weighted by molar-refractivity contribution is 0.922. The van der Waals surface area contributed by atoms with Gasteiger partial charge in [-0.2, -0.15) is 5.26 Å². The zero-order valence-electron chi connectivity index (χ0n) is 11.1. The summed E-state index contributed by atoms with van der Waals surface area (Å²) in [6.07, 6.45) is 0.971. The summed E-state index contributed by atoms with van der Waals surface area (Å²) in [7, 11) is 0. The van der Waals surface area contributed by atoms with E-state index in [-0.39, 0.29) is 0 Å². The minimum Gasteiger partial charge on any atom is -0.237 e. The Morgan fingerprint density at radius 2 is 1.89 bits per heavy atom. The molecule has 96 valence electrons. The molecule has 19 heavy (non-hydrogen) atoms. The summed E-state index contributed by atoms with van der Waals surface area (Å²) < 4.78 is 0. The van der Waals surface area contributed by atoms with E-state index >= 15 is 0 Å². The molecular formula is C15H15N3S. The van der Waals surface area contributed by atoms with E-state index in [0.29, 0.717) is 5.56 Å². The number of hydrogen-bond donors (Lipinski definition) is 0. The first kappa shape index (κ1) is 13.6. The number of nitriles is 1. The molecular weight excluding hydrogens is 254 g/mol. The maximum atomic E-state index is 9.16. The SMILES string of the molecule is Cc1nc(C)c(C#N)c(SCCc2ccccc2)n1. The number of nitrogens with zero attached hydrogens (tertiary/aromatic N) is 3. The number of aromatic nitrogens is 2. The van der Waals surface area contributed by atoms with Crippen LogP contribution in [-0.4, -0.2) is 15.7 Å². The molecule has 3 nitrogen and oxygen atoms in total. The van der Waals surface area contributed by atoms with Crippen LogP contribution in [0.15, 0.2) is 35.4 Å². The highest BCUT2D eigenvalue weighted by molar-refractivity contribution is 7.99. The third kappa shape index (κ3) is 3.55. The molecule has 0 amide bonds. The standard InChI is InChI=1S/C15H15N3S/c1-11-14(10-16)15(18-12(2)17-11)19-9-8-13-6-4-3-5-7-13/h3-7H,8-9H2,1-2H3. The lowest BCUT2D eigenvalue weighted by Crippen LogP contribution is -2.00. The van der Waals surface area contributed by atoms with Crippen molar-refractivity contribution >= 4 is 11.8 Å². The van der Waals surface area contributed by atoms with Crippen LogP contribution in [0.5, 0.6) is 0 Å². The fraction of sp³-hybridized carbons (Fsp3) is 0.267. The Bertz CT molecular complexity index is 603. The second-order valence-electron chi connectivity index (χ2n) is 4.23. The lowest BCUT2D eigenvalue weighted by Gasteiger charge is -2.06. The summed E-state index contributed by atoms with van der Waals surface area (Å²) in [6, 6.07) is 12.5. The van der Waals surface area contributed by atoms with Crippen LogP contribution in [-0.2, 0) is 6.42 Å². The van der Waals surface area contributed by atoms with E-state index in [9.17, 15) is 0 Å². The summed E-state index contributed by atoms with van der Waals surface area (Å²) >= 11 is 1.62. The number of hydrogen-bond acceptors (Lipinski definition) is 4. The molecule has 0 saturated carbocycles. The molecule has 1 aromatic heterocycles. The Balaban J connectivity index is 2.06. The molecule has 2 aromatic rings. The van der Waals surface area contributed by atoms with Crippen LogP contribution < -0.4 is 0 Å². The monoisotopic (exact) mass is 269 g/mol. The molecule has 0 aliphatic rings. The smallest absolute Gasteiger partial charge is 0.126 e. The molecule has 0 N–H and O–H groups in total. The van der Waals surface area contributed by atoms with Gasteiger partial charge < -0.3 is 0 Å². The van der Waals surface area contributed by atoms with Gasteiger partial charge >= 0.3 is 0 Å². The first-order valence-corrected chi connectivity index (χ1v) is 7.11. The fourth-order valence-electron chi connectivity index (χ4n) is 1.82. The van der Waals surface area contributed by atoms with Crippen molar-refractivity contribution in [3.63, 3.8) is 0 Å². The molecule has 4 heteroatoms. The third-order valence-corrected chi connectivity index (χ3v) is 3.73. The van der Waals surface area contributed by atoms with Gasteiger partial charge in [0.15, 0.2) is 0 Å². The predicted octanol–water partition coefficient (Wildman–Crippen LogP) is 3.30. The molecule has 2 rings (SSSR count).